The van der Waals surface area contributed by atoms with Gasteiger partial charge in [0.25, 0.3) is 10.0 Å². The summed E-state index contributed by atoms with van der Waals surface area (Å²) >= 11 is 0. The van der Waals surface area contributed by atoms with Gasteiger partial charge in [-0.05, 0) is 31.0 Å². The number of amides is 1. The van der Waals surface area contributed by atoms with Crippen molar-refractivity contribution < 1.29 is 13.2 Å². The smallest absolute Gasteiger partial charge is 0.264 e. The van der Waals surface area contributed by atoms with E-state index in [2.05, 4.69) is 11.6 Å². The lowest BCUT2D eigenvalue weighted by Gasteiger charge is -2.10. The summed E-state index contributed by atoms with van der Waals surface area (Å²) in [6.07, 6.45) is 10.6. The Bertz CT molecular complexity index is 642. The molecule has 1 aromatic rings. The number of carbonyl (C=O) groups is 1. The third kappa shape index (κ3) is 8.38. The van der Waals surface area contributed by atoms with Crippen LogP contribution in [-0.4, -0.2) is 14.3 Å². The lowest BCUT2D eigenvalue weighted by atomic mass is 10.1. The predicted octanol–water partition coefficient (Wildman–Crippen LogP) is 4.30. The number of nitrogens with one attached hydrogen (secondary N) is 1. The van der Waals surface area contributed by atoms with Crippen LogP contribution in [0.3, 0.4) is 0 Å². The summed E-state index contributed by atoms with van der Waals surface area (Å²) in [5, 5.41) is 0. The van der Waals surface area contributed by atoms with Gasteiger partial charge in [0.2, 0.25) is 5.91 Å². The number of anilines is 1. The van der Waals surface area contributed by atoms with E-state index in [0.29, 0.717) is 17.7 Å². The molecule has 0 heterocycles. The number of sulfonamides is 1. The third-order valence-corrected chi connectivity index (χ3v) is 5.77. The van der Waals surface area contributed by atoms with E-state index in [1.54, 1.807) is 19.1 Å². The number of carbonyl (C=O) groups excluding carboxylic acids is 1. The number of nitrogens with two attached hydrogens (primary N) is 1. The maximum absolute atomic E-state index is 12.3. The maximum Gasteiger partial charge on any atom is 0.264 e. The van der Waals surface area contributed by atoms with E-state index in [9.17, 15) is 13.2 Å². The number of benzene rings is 1. The lowest BCUT2D eigenvalue weighted by Crippen LogP contribution is -2.30. The molecule has 1 aromatic carbocycles. The molecule has 3 N–H and O–H groups in total. The Morgan fingerprint density at radius 3 is 2.16 bits per heavy atom. The van der Waals surface area contributed by atoms with Crippen LogP contribution in [0.25, 0.3) is 0 Å². The molecule has 5 nitrogen and oxygen atoms in total. The molecule has 0 bridgehead atoms. The summed E-state index contributed by atoms with van der Waals surface area (Å²) in [6.45, 7) is 3.89. The van der Waals surface area contributed by atoms with Crippen molar-refractivity contribution in [2.24, 2.45) is 0 Å². The molecule has 0 aliphatic rings. The van der Waals surface area contributed by atoms with Crippen LogP contribution in [0.4, 0.5) is 5.69 Å². The van der Waals surface area contributed by atoms with Crippen molar-refractivity contribution in [1.82, 2.24) is 4.72 Å². The molecule has 0 fully saturated rings. The first-order chi connectivity index (χ1) is 11.9. The summed E-state index contributed by atoms with van der Waals surface area (Å²) in [4.78, 5) is 12.0. The number of unbranched alkanes of at least 4 members (excludes halogenated alkanes) is 8. The number of aryl methyl sites for hydroxylation is 1. The van der Waals surface area contributed by atoms with Crippen LogP contribution < -0.4 is 10.5 Å². The molecule has 1 amide bonds. The van der Waals surface area contributed by atoms with Gasteiger partial charge in [0, 0.05) is 12.1 Å². The molecule has 0 radical (unpaired) electrons. The standard InChI is InChI=1S/C19H32N2O3S/c1-3-4-5-6-7-8-9-10-11-12-19(22)21-25(23,24)18-15-17(20)14-13-16(18)2/h13-15H,3-12,20H2,1-2H3,(H,21,22). The summed E-state index contributed by atoms with van der Waals surface area (Å²) in [5.74, 6) is -0.454. The number of nitrogen functional groups attached to an aromatic ring is 1. The van der Waals surface area contributed by atoms with Crippen molar-refractivity contribution in [2.75, 3.05) is 5.73 Å². The van der Waals surface area contributed by atoms with Gasteiger partial charge in [-0.25, -0.2) is 13.1 Å². The monoisotopic (exact) mass is 368 g/mol. The fourth-order valence-electron chi connectivity index (χ4n) is 2.76. The minimum Gasteiger partial charge on any atom is -0.399 e. The van der Waals surface area contributed by atoms with Crippen LogP contribution in [0.15, 0.2) is 23.1 Å². The molecule has 0 spiro atoms. The second-order valence-electron chi connectivity index (χ2n) is 6.63. The first-order valence-corrected chi connectivity index (χ1v) is 10.8. The van der Waals surface area contributed by atoms with Crippen LogP contribution in [-0.2, 0) is 14.8 Å². The summed E-state index contributed by atoms with van der Waals surface area (Å²) in [5.41, 5.74) is 6.57. The maximum atomic E-state index is 12.3. The van der Waals surface area contributed by atoms with E-state index in [1.807, 2.05) is 0 Å². The summed E-state index contributed by atoms with van der Waals surface area (Å²) in [6, 6.07) is 4.65. The Kier molecular flexibility index (Phi) is 9.57. The second kappa shape index (κ2) is 11.1. The Balaban J connectivity index is 2.29. The number of rotatable bonds is 12. The highest BCUT2D eigenvalue weighted by molar-refractivity contribution is 7.90. The molecular weight excluding hydrogens is 336 g/mol. The molecule has 1 rings (SSSR count). The molecule has 0 unspecified atom stereocenters. The Morgan fingerprint density at radius 1 is 1.00 bits per heavy atom. The average molecular weight is 369 g/mol. The summed E-state index contributed by atoms with van der Waals surface area (Å²) in [7, 11) is -3.85. The number of hydrogen-bond acceptors (Lipinski definition) is 4. The molecule has 0 aromatic heterocycles. The fourth-order valence-corrected chi connectivity index (χ4v) is 4.05. The molecule has 25 heavy (non-hydrogen) atoms. The van der Waals surface area contributed by atoms with Gasteiger partial charge in [0.15, 0.2) is 0 Å². The summed E-state index contributed by atoms with van der Waals surface area (Å²) < 4.78 is 26.7. The van der Waals surface area contributed by atoms with Crippen LogP contribution in [0, 0.1) is 6.92 Å². The largest absolute Gasteiger partial charge is 0.399 e. The third-order valence-electron chi connectivity index (χ3n) is 4.26. The highest BCUT2D eigenvalue weighted by Gasteiger charge is 2.19. The van der Waals surface area contributed by atoms with Crippen molar-refractivity contribution >= 4 is 21.6 Å². The topological polar surface area (TPSA) is 89.3 Å². The Morgan fingerprint density at radius 2 is 1.56 bits per heavy atom. The minimum absolute atomic E-state index is 0.0629. The zero-order chi connectivity index (χ0) is 18.7. The Labute approximate surface area is 152 Å². The van der Waals surface area contributed by atoms with Gasteiger partial charge in [0.1, 0.15) is 0 Å². The van der Waals surface area contributed by atoms with Crippen molar-refractivity contribution in [3.63, 3.8) is 0 Å². The van der Waals surface area contributed by atoms with E-state index >= 15 is 0 Å². The molecule has 0 atom stereocenters. The normalized spacial score (nSPS) is 11.4. The lowest BCUT2D eigenvalue weighted by molar-refractivity contribution is -0.119. The predicted molar refractivity (Wildman–Crippen MR) is 103 cm³/mol. The van der Waals surface area contributed by atoms with E-state index in [0.717, 1.165) is 12.8 Å². The first-order valence-electron chi connectivity index (χ1n) is 9.28. The SMILES string of the molecule is CCCCCCCCCCCC(=O)NS(=O)(=O)c1cc(N)ccc1C. The first kappa shape index (κ1) is 21.5. The van der Waals surface area contributed by atoms with Gasteiger partial charge in [0.05, 0.1) is 4.90 Å². The van der Waals surface area contributed by atoms with E-state index in [1.165, 1.54) is 44.6 Å². The second-order valence-corrected chi connectivity index (χ2v) is 8.28. The van der Waals surface area contributed by atoms with E-state index in [4.69, 9.17) is 5.73 Å². The van der Waals surface area contributed by atoms with Crippen LogP contribution in [0.2, 0.25) is 0 Å². The molecule has 0 saturated heterocycles. The zero-order valence-electron chi connectivity index (χ0n) is 15.5. The highest BCUT2D eigenvalue weighted by Crippen LogP contribution is 2.18. The molecule has 0 aliphatic carbocycles. The molecular formula is C19H32N2O3S. The molecule has 142 valence electrons. The van der Waals surface area contributed by atoms with E-state index < -0.39 is 15.9 Å². The van der Waals surface area contributed by atoms with Crippen molar-refractivity contribution in [3.8, 4) is 0 Å². The van der Waals surface area contributed by atoms with E-state index in [-0.39, 0.29) is 11.3 Å². The van der Waals surface area contributed by atoms with Crippen molar-refractivity contribution in [1.29, 1.82) is 0 Å². The minimum atomic E-state index is -3.85. The zero-order valence-corrected chi connectivity index (χ0v) is 16.3. The van der Waals surface area contributed by atoms with Gasteiger partial charge < -0.3 is 5.73 Å². The van der Waals surface area contributed by atoms with Gasteiger partial charge in [-0.2, -0.15) is 0 Å². The average Bonchev–Trinajstić information content (AvgIpc) is 2.55. The molecule has 0 saturated carbocycles. The quantitative estimate of drug-likeness (QED) is 0.425. The van der Waals surface area contributed by atoms with Crippen LogP contribution in [0.1, 0.15) is 76.7 Å². The molecule has 6 heteroatoms. The van der Waals surface area contributed by atoms with Gasteiger partial charge >= 0.3 is 0 Å². The van der Waals surface area contributed by atoms with Gasteiger partial charge in [-0.15, -0.1) is 0 Å². The van der Waals surface area contributed by atoms with Gasteiger partial charge in [-0.1, -0.05) is 64.4 Å². The fraction of sp³-hybridized carbons (Fsp3) is 0.632. The van der Waals surface area contributed by atoms with Crippen molar-refractivity contribution in [2.45, 2.75) is 83.0 Å². The Hall–Kier alpha value is -1.56. The molecule has 0 aliphatic heterocycles. The van der Waals surface area contributed by atoms with Crippen LogP contribution in [0.5, 0.6) is 0 Å². The van der Waals surface area contributed by atoms with Crippen LogP contribution >= 0.6 is 0 Å². The number of hydrogen-bond donors (Lipinski definition) is 2. The highest BCUT2D eigenvalue weighted by atomic mass is 32.2. The van der Waals surface area contributed by atoms with Crippen molar-refractivity contribution in [3.05, 3.63) is 23.8 Å². The van der Waals surface area contributed by atoms with Gasteiger partial charge in [-0.3, -0.25) is 4.79 Å².